The molecule has 3 heterocycles. The molecule has 42 heavy (non-hydrogen) atoms. The van der Waals surface area contributed by atoms with Crippen LogP contribution in [-0.2, 0) is 19.8 Å². The molecule has 3 aromatic carbocycles. The largest absolute Gasteiger partial charge is 0.497 e. The Balaban J connectivity index is 1.46. The minimum atomic E-state index is -1.32. The molecule has 0 saturated carbocycles. The first-order chi connectivity index (χ1) is 20.3. The van der Waals surface area contributed by atoms with E-state index >= 15 is 0 Å². The maximum absolute atomic E-state index is 12.6. The van der Waals surface area contributed by atoms with Crippen LogP contribution in [0.3, 0.4) is 0 Å². The van der Waals surface area contributed by atoms with E-state index in [9.17, 15) is 14.7 Å². The summed E-state index contributed by atoms with van der Waals surface area (Å²) >= 11 is 0. The van der Waals surface area contributed by atoms with Gasteiger partial charge < -0.3 is 28.8 Å². The first kappa shape index (κ1) is 27.9. The van der Waals surface area contributed by atoms with Crippen LogP contribution in [0.1, 0.15) is 29.8 Å². The monoisotopic (exact) mass is 572 g/mol. The molecule has 2 bridgehead atoms. The summed E-state index contributed by atoms with van der Waals surface area (Å²) in [6, 6.07) is 26.3. The van der Waals surface area contributed by atoms with Crippen molar-refractivity contribution in [1.82, 2.24) is 9.55 Å². The summed E-state index contributed by atoms with van der Waals surface area (Å²) in [6.45, 7) is 1.72. The van der Waals surface area contributed by atoms with Crippen LogP contribution in [0, 0.1) is 0 Å². The maximum Gasteiger partial charge on any atom is 0.330 e. The highest BCUT2D eigenvalue weighted by Crippen LogP contribution is 2.50. The normalized spacial score (nSPS) is 25.0. The molecule has 2 fully saturated rings. The highest BCUT2D eigenvalue weighted by molar-refractivity contribution is 5.49. The van der Waals surface area contributed by atoms with Gasteiger partial charge in [0.25, 0.3) is 5.56 Å². The number of nitrogens with zero attached hydrogens (tertiary/aromatic N) is 1. The lowest BCUT2D eigenvalue weighted by atomic mass is 9.79. The Morgan fingerprint density at radius 3 is 2.00 bits per heavy atom. The predicted molar refractivity (Wildman–Crippen MR) is 153 cm³/mol. The fourth-order valence-corrected chi connectivity index (χ4v) is 6.00. The minimum Gasteiger partial charge on any atom is -0.497 e. The molecule has 0 aliphatic carbocycles. The molecule has 5 atom stereocenters. The molecule has 0 spiro atoms. The number of fused-ring (bicyclic) bond motifs is 2. The lowest BCUT2D eigenvalue weighted by molar-refractivity contribution is -0.232. The van der Waals surface area contributed by atoms with Gasteiger partial charge in [-0.2, -0.15) is 0 Å². The number of aromatic nitrogens is 2. The minimum absolute atomic E-state index is 0.0899. The van der Waals surface area contributed by atoms with E-state index in [0.717, 1.165) is 16.7 Å². The molecule has 10 nitrogen and oxygen atoms in total. The summed E-state index contributed by atoms with van der Waals surface area (Å²) in [5.41, 5.74) is -1.17. The van der Waals surface area contributed by atoms with Gasteiger partial charge in [-0.3, -0.25) is 14.3 Å². The molecule has 10 heteroatoms. The van der Waals surface area contributed by atoms with Crippen LogP contribution in [0.5, 0.6) is 11.5 Å². The Morgan fingerprint density at radius 1 is 0.881 bits per heavy atom. The lowest BCUT2D eigenvalue weighted by Crippen LogP contribution is -2.52. The van der Waals surface area contributed by atoms with Crippen molar-refractivity contribution in [3.05, 3.63) is 129 Å². The van der Waals surface area contributed by atoms with E-state index in [1.54, 1.807) is 14.2 Å². The smallest absolute Gasteiger partial charge is 0.330 e. The summed E-state index contributed by atoms with van der Waals surface area (Å²) in [5.74, 6) is 1.39. The van der Waals surface area contributed by atoms with Crippen LogP contribution in [0.4, 0.5) is 0 Å². The maximum atomic E-state index is 12.6. The van der Waals surface area contributed by atoms with Gasteiger partial charge in [0.2, 0.25) is 0 Å². The number of hydrogen-bond donors (Lipinski definition) is 2. The van der Waals surface area contributed by atoms with Crippen LogP contribution < -0.4 is 20.7 Å². The molecular formula is C32H32N2O8. The molecule has 2 aliphatic rings. The van der Waals surface area contributed by atoms with Gasteiger partial charge in [-0.05, 0) is 47.9 Å². The van der Waals surface area contributed by atoms with Gasteiger partial charge in [0.1, 0.15) is 34.9 Å². The van der Waals surface area contributed by atoms with Crippen molar-refractivity contribution >= 4 is 0 Å². The van der Waals surface area contributed by atoms with Gasteiger partial charge in [0.05, 0.1) is 26.9 Å². The number of ether oxygens (including phenoxy) is 5. The zero-order chi connectivity index (χ0) is 29.5. The molecule has 2 aliphatic heterocycles. The van der Waals surface area contributed by atoms with Crippen molar-refractivity contribution in [3.8, 4) is 11.5 Å². The summed E-state index contributed by atoms with van der Waals surface area (Å²) in [7, 11) is 3.22. The van der Waals surface area contributed by atoms with Gasteiger partial charge >= 0.3 is 5.69 Å². The Morgan fingerprint density at radius 2 is 1.45 bits per heavy atom. The number of nitrogens with one attached hydrogen (secondary N) is 1. The van der Waals surface area contributed by atoms with Crippen molar-refractivity contribution in [2.45, 2.75) is 42.7 Å². The summed E-state index contributed by atoms with van der Waals surface area (Å²) < 4.78 is 31.7. The second-order valence-electron chi connectivity index (χ2n) is 10.5. The quantitative estimate of drug-likeness (QED) is 0.294. The molecule has 0 amide bonds. The second kappa shape index (κ2) is 10.9. The molecule has 2 saturated heterocycles. The third-order valence-corrected chi connectivity index (χ3v) is 8.30. The van der Waals surface area contributed by atoms with E-state index < -0.39 is 47.0 Å². The molecule has 2 N–H and O–H groups in total. The van der Waals surface area contributed by atoms with Gasteiger partial charge in [-0.25, -0.2) is 4.79 Å². The first-order valence-corrected chi connectivity index (χ1v) is 13.6. The Labute approximate surface area is 242 Å². The van der Waals surface area contributed by atoms with E-state index in [-0.39, 0.29) is 6.61 Å². The topological polar surface area (TPSA) is 121 Å². The third-order valence-electron chi connectivity index (χ3n) is 8.30. The summed E-state index contributed by atoms with van der Waals surface area (Å²) in [6.07, 6.45) is -2.15. The average molecular weight is 573 g/mol. The van der Waals surface area contributed by atoms with Crippen molar-refractivity contribution < 1.29 is 28.8 Å². The number of benzene rings is 3. The van der Waals surface area contributed by atoms with Gasteiger partial charge in [0, 0.05) is 12.3 Å². The molecule has 0 radical (unpaired) electrons. The molecule has 1 aromatic heterocycles. The van der Waals surface area contributed by atoms with Crippen LogP contribution in [-0.4, -0.2) is 59.4 Å². The van der Waals surface area contributed by atoms with Crippen LogP contribution in [0.15, 0.2) is 101 Å². The van der Waals surface area contributed by atoms with Crippen molar-refractivity contribution in [2.24, 2.45) is 0 Å². The van der Waals surface area contributed by atoms with Gasteiger partial charge in [-0.15, -0.1) is 0 Å². The zero-order valence-electron chi connectivity index (χ0n) is 23.4. The van der Waals surface area contributed by atoms with Crippen molar-refractivity contribution in [3.63, 3.8) is 0 Å². The van der Waals surface area contributed by atoms with Crippen molar-refractivity contribution in [1.29, 1.82) is 0 Å². The van der Waals surface area contributed by atoms with E-state index in [2.05, 4.69) is 4.98 Å². The first-order valence-electron chi connectivity index (χ1n) is 13.6. The van der Waals surface area contributed by atoms with Gasteiger partial charge in [-0.1, -0.05) is 54.6 Å². The van der Waals surface area contributed by atoms with E-state index in [4.69, 9.17) is 23.7 Å². The Hall–Kier alpha value is -4.22. The highest BCUT2D eigenvalue weighted by Gasteiger charge is 2.66. The van der Waals surface area contributed by atoms with E-state index in [1.807, 2.05) is 85.8 Å². The van der Waals surface area contributed by atoms with Gasteiger partial charge in [0.15, 0.2) is 6.23 Å². The molecule has 218 valence electrons. The number of aliphatic hydroxyl groups excluding tert-OH is 1. The fraction of sp³-hybridized carbons (Fsp3) is 0.312. The molecular weight excluding hydrogens is 540 g/mol. The molecule has 6 rings (SSSR count). The van der Waals surface area contributed by atoms with Crippen molar-refractivity contribution in [2.75, 3.05) is 20.8 Å². The Bertz CT molecular complexity index is 1600. The predicted octanol–water partition coefficient (Wildman–Crippen LogP) is 2.98. The van der Waals surface area contributed by atoms with E-state index in [0.29, 0.717) is 11.5 Å². The second-order valence-corrected chi connectivity index (χ2v) is 10.5. The summed E-state index contributed by atoms with van der Waals surface area (Å²) in [5, 5.41) is 11.5. The summed E-state index contributed by atoms with van der Waals surface area (Å²) in [4.78, 5) is 26.5. The number of H-pyrrole nitrogens is 1. The van der Waals surface area contributed by atoms with E-state index in [1.165, 1.54) is 16.8 Å². The lowest BCUT2D eigenvalue weighted by Gasteiger charge is -2.41. The number of hydrogen-bond acceptors (Lipinski definition) is 8. The SMILES string of the molecule is COc1ccc(C(OCC23OC(n4ccc(=O)[nH]c4=O)C(OC2C)C3O)(c2ccccc2)c2ccc(OC)cc2)cc1. The average Bonchev–Trinajstić information content (AvgIpc) is 3.43. The van der Waals surface area contributed by atoms with Crippen LogP contribution in [0.25, 0.3) is 0 Å². The number of aliphatic hydroxyl groups is 1. The van der Waals surface area contributed by atoms with Crippen LogP contribution >= 0.6 is 0 Å². The standard InChI is InChI=1S/C32H32N2O8/c1-20-31(28(36)27(41-20)29(42-31)34-18-17-26(35)33-30(34)37)19-40-32(21-7-5-4-6-8-21,22-9-13-24(38-2)14-10-22)23-11-15-25(39-3)16-12-23/h4-18,20,27-29,36H,19H2,1-3H3,(H,33,35,37). The molecule has 4 aromatic rings. The zero-order valence-corrected chi connectivity index (χ0v) is 23.4. The highest BCUT2D eigenvalue weighted by atomic mass is 16.7. The fourth-order valence-electron chi connectivity index (χ4n) is 6.00. The number of methoxy groups -OCH3 is 2. The molecule has 5 unspecified atom stereocenters. The van der Waals surface area contributed by atoms with Crippen LogP contribution in [0.2, 0.25) is 0 Å². The Kier molecular flexibility index (Phi) is 7.24. The number of aromatic amines is 1. The number of rotatable bonds is 9. The third kappa shape index (κ3) is 4.44.